The van der Waals surface area contributed by atoms with Crippen LogP contribution in [0.15, 0.2) is 59.7 Å². The van der Waals surface area contributed by atoms with Gasteiger partial charge in [-0.15, -0.1) is 0 Å². The Labute approximate surface area is 141 Å². The molecule has 0 bridgehead atoms. The molecule has 0 amide bonds. The van der Waals surface area contributed by atoms with Gasteiger partial charge in [0.15, 0.2) is 5.11 Å². The smallest absolute Gasteiger partial charge is 0.191 e. The number of para-hydroxylation sites is 2. The van der Waals surface area contributed by atoms with Gasteiger partial charge in [0.05, 0.1) is 7.11 Å². The van der Waals surface area contributed by atoms with Crippen LogP contribution in [0.25, 0.3) is 6.08 Å². The van der Waals surface area contributed by atoms with E-state index in [1.165, 1.54) is 0 Å². The molecule has 0 aromatic heterocycles. The first-order chi connectivity index (χ1) is 11.2. The third-order valence-corrected chi connectivity index (χ3v) is 3.33. The van der Waals surface area contributed by atoms with Gasteiger partial charge in [-0.25, -0.2) is 0 Å². The number of allylic oxidation sites excluding steroid dienone is 1. The average Bonchev–Trinajstić information content (AvgIpc) is 2.57. The Morgan fingerprint density at radius 1 is 1.13 bits per heavy atom. The number of thiocarbonyl (C=S) groups is 1. The van der Waals surface area contributed by atoms with Gasteiger partial charge in [-0.05, 0) is 49.0 Å². The summed E-state index contributed by atoms with van der Waals surface area (Å²) in [5.74, 6) is 0.821. The number of hydrogen-bond acceptors (Lipinski definition) is 3. The van der Waals surface area contributed by atoms with Crippen LogP contribution in [0, 0.1) is 6.92 Å². The van der Waals surface area contributed by atoms with Crippen LogP contribution in [-0.4, -0.2) is 18.4 Å². The molecule has 2 aromatic carbocycles. The molecule has 0 radical (unpaired) electrons. The summed E-state index contributed by atoms with van der Waals surface area (Å²) >= 11 is 5.20. The Kier molecular flexibility index (Phi) is 6.32. The maximum absolute atomic E-state index is 5.28. The van der Waals surface area contributed by atoms with Crippen molar-refractivity contribution in [2.45, 2.75) is 6.92 Å². The number of nitrogens with zero attached hydrogens (tertiary/aromatic N) is 1. The first kappa shape index (κ1) is 16.7. The molecule has 0 heterocycles. The van der Waals surface area contributed by atoms with E-state index >= 15 is 0 Å². The fraction of sp³-hybridized carbons (Fsp3) is 0.111. The van der Waals surface area contributed by atoms with E-state index in [1.807, 2.05) is 67.6 Å². The Morgan fingerprint density at radius 2 is 1.87 bits per heavy atom. The van der Waals surface area contributed by atoms with E-state index in [2.05, 4.69) is 15.8 Å². The van der Waals surface area contributed by atoms with Crippen molar-refractivity contribution in [3.8, 4) is 5.75 Å². The van der Waals surface area contributed by atoms with E-state index in [-0.39, 0.29) is 0 Å². The molecule has 2 rings (SSSR count). The molecule has 0 unspecified atom stereocenters. The molecule has 5 heteroatoms. The highest BCUT2D eigenvalue weighted by atomic mass is 32.1. The fourth-order valence-corrected chi connectivity index (χ4v) is 2.12. The number of hydrazone groups is 1. The van der Waals surface area contributed by atoms with Crippen molar-refractivity contribution in [3.05, 3.63) is 65.7 Å². The molecule has 23 heavy (non-hydrogen) atoms. The van der Waals surface area contributed by atoms with Gasteiger partial charge in [0.25, 0.3) is 0 Å². The number of ether oxygens (including phenoxy) is 1. The molecule has 4 nitrogen and oxygen atoms in total. The van der Waals surface area contributed by atoms with E-state index in [4.69, 9.17) is 17.0 Å². The SMILES string of the molecule is COc1ccccc1/C=C/C=N\NC(=S)Nc1ccccc1C. The molecule has 0 aliphatic heterocycles. The van der Waals surface area contributed by atoms with E-state index in [9.17, 15) is 0 Å². The minimum Gasteiger partial charge on any atom is -0.496 e. The minimum atomic E-state index is 0.446. The van der Waals surface area contributed by atoms with Gasteiger partial charge in [0, 0.05) is 17.5 Å². The molecule has 2 N–H and O–H groups in total. The molecule has 0 atom stereocenters. The summed E-state index contributed by atoms with van der Waals surface area (Å²) in [5, 5.41) is 7.61. The third kappa shape index (κ3) is 5.23. The highest BCUT2D eigenvalue weighted by Crippen LogP contribution is 2.18. The van der Waals surface area contributed by atoms with E-state index < -0.39 is 0 Å². The maximum Gasteiger partial charge on any atom is 0.191 e. The topological polar surface area (TPSA) is 45.6 Å². The molecular formula is C18H19N3OS. The van der Waals surface area contributed by atoms with Crippen LogP contribution in [0.1, 0.15) is 11.1 Å². The van der Waals surface area contributed by atoms with Gasteiger partial charge in [-0.3, -0.25) is 5.43 Å². The lowest BCUT2D eigenvalue weighted by atomic mass is 10.2. The van der Waals surface area contributed by atoms with Crippen molar-refractivity contribution < 1.29 is 4.74 Å². The second-order valence-electron chi connectivity index (χ2n) is 4.76. The zero-order valence-corrected chi connectivity index (χ0v) is 13.9. The predicted octanol–water partition coefficient (Wildman–Crippen LogP) is 3.99. The summed E-state index contributed by atoms with van der Waals surface area (Å²) in [7, 11) is 1.65. The molecule has 0 aliphatic rings. The lowest BCUT2D eigenvalue weighted by Gasteiger charge is -2.08. The number of benzene rings is 2. The monoisotopic (exact) mass is 325 g/mol. The molecule has 0 spiro atoms. The Hall–Kier alpha value is -2.66. The summed E-state index contributed by atoms with van der Waals surface area (Å²) in [6.07, 6.45) is 5.38. The van der Waals surface area contributed by atoms with Crippen molar-refractivity contribution >= 4 is 35.3 Å². The second-order valence-corrected chi connectivity index (χ2v) is 5.17. The molecule has 0 aliphatic carbocycles. The number of nitrogens with one attached hydrogen (secondary N) is 2. The van der Waals surface area contributed by atoms with Crippen LogP contribution in [-0.2, 0) is 0 Å². The van der Waals surface area contributed by atoms with Crippen LogP contribution in [0.4, 0.5) is 5.69 Å². The molecule has 0 fully saturated rings. The number of anilines is 1. The van der Waals surface area contributed by atoms with Gasteiger partial charge in [0.2, 0.25) is 0 Å². The van der Waals surface area contributed by atoms with E-state index in [0.717, 1.165) is 22.6 Å². The van der Waals surface area contributed by atoms with Crippen molar-refractivity contribution in [1.82, 2.24) is 5.43 Å². The van der Waals surface area contributed by atoms with E-state index in [1.54, 1.807) is 13.3 Å². The summed E-state index contributed by atoms with van der Waals surface area (Å²) < 4.78 is 5.28. The first-order valence-electron chi connectivity index (χ1n) is 7.16. The lowest BCUT2D eigenvalue weighted by molar-refractivity contribution is 0.414. The van der Waals surface area contributed by atoms with Gasteiger partial charge in [-0.2, -0.15) is 5.10 Å². The van der Waals surface area contributed by atoms with Crippen LogP contribution in [0.5, 0.6) is 5.75 Å². The molecule has 118 valence electrons. The Bertz CT molecular complexity index is 726. The van der Waals surface area contributed by atoms with Gasteiger partial charge < -0.3 is 10.1 Å². The van der Waals surface area contributed by atoms with Crippen LogP contribution in [0.2, 0.25) is 0 Å². The normalized spacial score (nSPS) is 10.9. The third-order valence-electron chi connectivity index (χ3n) is 3.13. The van der Waals surface area contributed by atoms with Crippen molar-refractivity contribution in [2.24, 2.45) is 5.10 Å². The highest BCUT2D eigenvalue weighted by Gasteiger charge is 1.98. The maximum atomic E-state index is 5.28. The summed E-state index contributed by atoms with van der Waals surface area (Å²) in [4.78, 5) is 0. The number of hydrogen-bond donors (Lipinski definition) is 2. The average molecular weight is 325 g/mol. The van der Waals surface area contributed by atoms with Crippen molar-refractivity contribution in [3.63, 3.8) is 0 Å². The zero-order valence-electron chi connectivity index (χ0n) is 13.1. The van der Waals surface area contributed by atoms with Crippen LogP contribution in [0.3, 0.4) is 0 Å². The molecule has 0 saturated carbocycles. The minimum absolute atomic E-state index is 0.446. The predicted molar refractivity (Wildman–Crippen MR) is 101 cm³/mol. The fourth-order valence-electron chi connectivity index (χ4n) is 1.95. The van der Waals surface area contributed by atoms with Gasteiger partial charge in [-0.1, -0.05) is 36.4 Å². The largest absolute Gasteiger partial charge is 0.496 e. The van der Waals surface area contributed by atoms with Crippen LogP contribution >= 0.6 is 12.2 Å². The Balaban J connectivity index is 1.86. The second kappa shape index (κ2) is 8.70. The number of aryl methyl sites for hydroxylation is 1. The molecular weight excluding hydrogens is 306 g/mol. The standard InChI is InChI=1S/C18H19N3OS/c1-14-8-3-5-11-16(14)20-18(23)21-19-13-7-10-15-9-4-6-12-17(15)22-2/h3-13H,1-2H3,(H2,20,21,23)/b10-7+,19-13-. The van der Waals surface area contributed by atoms with Crippen molar-refractivity contribution in [2.75, 3.05) is 12.4 Å². The zero-order chi connectivity index (χ0) is 16.5. The van der Waals surface area contributed by atoms with Crippen molar-refractivity contribution in [1.29, 1.82) is 0 Å². The van der Waals surface area contributed by atoms with Crippen LogP contribution < -0.4 is 15.5 Å². The Morgan fingerprint density at radius 3 is 2.65 bits per heavy atom. The van der Waals surface area contributed by atoms with E-state index in [0.29, 0.717) is 5.11 Å². The summed E-state index contributed by atoms with van der Waals surface area (Å²) in [6, 6.07) is 15.7. The number of methoxy groups -OCH3 is 1. The number of rotatable bonds is 5. The highest BCUT2D eigenvalue weighted by molar-refractivity contribution is 7.80. The first-order valence-corrected chi connectivity index (χ1v) is 7.57. The lowest BCUT2D eigenvalue weighted by Crippen LogP contribution is -2.24. The van der Waals surface area contributed by atoms with Gasteiger partial charge >= 0.3 is 0 Å². The van der Waals surface area contributed by atoms with Gasteiger partial charge in [0.1, 0.15) is 5.75 Å². The summed E-state index contributed by atoms with van der Waals surface area (Å²) in [6.45, 7) is 2.02. The summed E-state index contributed by atoms with van der Waals surface area (Å²) in [5.41, 5.74) is 5.85. The molecule has 2 aromatic rings. The quantitative estimate of drug-likeness (QED) is 0.496. The molecule has 0 saturated heterocycles.